The first-order valence-corrected chi connectivity index (χ1v) is 7.93. The Labute approximate surface area is 132 Å². The maximum absolute atomic E-state index is 13.0. The number of hydrogen-bond acceptors (Lipinski definition) is 4. The summed E-state index contributed by atoms with van der Waals surface area (Å²) in [6.45, 7) is -0.771. The molecule has 0 fully saturated rings. The zero-order valence-corrected chi connectivity index (χ0v) is 13.0. The summed E-state index contributed by atoms with van der Waals surface area (Å²) in [4.78, 5) is 10.9. The lowest BCUT2D eigenvalue weighted by Crippen LogP contribution is -2.35. The summed E-state index contributed by atoms with van der Waals surface area (Å²) in [5, 5.41) is 9.03. The van der Waals surface area contributed by atoms with E-state index in [0.717, 1.165) is 28.6 Å². The van der Waals surface area contributed by atoms with Crippen LogP contribution in [0.3, 0.4) is 0 Å². The van der Waals surface area contributed by atoms with Crippen LogP contribution in [0.1, 0.15) is 0 Å². The van der Waals surface area contributed by atoms with Crippen molar-refractivity contribution < 1.29 is 27.4 Å². The van der Waals surface area contributed by atoms with E-state index in [1.807, 2.05) is 0 Å². The van der Waals surface area contributed by atoms with Crippen molar-refractivity contribution in [2.24, 2.45) is 0 Å². The number of benzene rings is 2. The Kier molecular flexibility index (Phi) is 4.85. The van der Waals surface area contributed by atoms with E-state index in [9.17, 15) is 17.6 Å². The average molecular weight is 339 g/mol. The predicted molar refractivity (Wildman–Crippen MR) is 81.6 cm³/mol. The molecule has 8 heteroatoms. The Morgan fingerprint density at radius 2 is 1.87 bits per heavy atom. The van der Waals surface area contributed by atoms with Crippen molar-refractivity contribution in [3.05, 3.63) is 54.3 Å². The summed E-state index contributed by atoms with van der Waals surface area (Å²) in [5.74, 6) is -1.53. The van der Waals surface area contributed by atoms with Gasteiger partial charge >= 0.3 is 5.97 Å². The van der Waals surface area contributed by atoms with E-state index >= 15 is 0 Å². The summed E-state index contributed by atoms with van der Waals surface area (Å²) in [5.41, 5.74) is 0.135. The second kappa shape index (κ2) is 6.66. The van der Waals surface area contributed by atoms with E-state index in [1.165, 1.54) is 19.2 Å². The van der Waals surface area contributed by atoms with Gasteiger partial charge in [-0.15, -0.1) is 0 Å². The first-order chi connectivity index (χ1) is 10.8. The molecule has 0 unspecified atom stereocenters. The Balaban J connectivity index is 2.52. The number of nitrogens with zero attached hydrogens (tertiary/aromatic N) is 1. The molecule has 2 aromatic rings. The second-order valence-corrected chi connectivity index (χ2v) is 6.42. The molecule has 0 saturated heterocycles. The monoisotopic (exact) mass is 339 g/mol. The lowest BCUT2D eigenvalue weighted by atomic mass is 10.3. The number of anilines is 1. The number of halogens is 1. The minimum Gasteiger partial charge on any atom is -0.497 e. The van der Waals surface area contributed by atoms with E-state index in [2.05, 4.69) is 0 Å². The fourth-order valence-corrected chi connectivity index (χ4v) is 3.34. The number of hydrogen-bond donors (Lipinski definition) is 1. The van der Waals surface area contributed by atoms with E-state index in [4.69, 9.17) is 9.84 Å². The van der Waals surface area contributed by atoms with Gasteiger partial charge < -0.3 is 9.84 Å². The molecule has 0 spiro atoms. The first-order valence-electron chi connectivity index (χ1n) is 6.49. The Bertz CT molecular complexity index is 805. The van der Waals surface area contributed by atoms with Crippen LogP contribution in [0.15, 0.2) is 53.4 Å². The molecule has 0 heterocycles. The Morgan fingerprint density at radius 3 is 2.43 bits per heavy atom. The zero-order valence-electron chi connectivity index (χ0n) is 12.1. The minimum atomic E-state index is -4.16. The molecular weight excluding hydrogens is 325 g/mol. The van der Waals surface area contributed by atoms with Gasteiger partial charge in [0.1, 0.15) is 18.1 Å². The van der Waals surface area contributed by atoms with Crippen molar-refractivity contribution in [2.75, 3.05) is 18.0 Å². The van der Waals surface area contributed by atoms with Gasteiger partial charge in [-0.3, -0.25) is 9.10 Å². The standard InChI is InChI=1S/C15H14FNO5S/c1-22-13-4-2-3-12(9-13)17(10-15(18)19)23(20,21)14-7-5-11(16)6-8-14/h2-9H,10H2,1H3,(H,18,19). The van der Waals surface area contributed by atoms with Crippen molar-refractivity contribution in [1.29, 1.82) is 0 Å². The van der Waals surface area contributed by atoms with Gasteiger partial charge in [0.15, 0.2) is 0 Å². The molecule has 122 valence electrons. The van der Waals surface area contributed by atoms with Crippen molar-refractivity contribution in [2.45, 2.75) is 4.90 Å². The van der Waals surface area contributed by atoms with Crippen LogP contribution in [0, 0.1) is 5.82 Å². The largest absolute Gasteiger partial charge is 0.497 e. The highest BCUT2D eigenvalue weighted by Crippen LogP contribution is 2.26. The van der Waals surface area contributed by atoms with Crippen molar-refractivity contribution in [3.63, 3.8) is 0 Å². The number of carbonyl (C=O) groups is 1. The number of aliphatic carboxylic acids is 1. The quantitative estimate of drug-likeness (QED) is 0.871. The third kappa shape index (κ3) is 3.78. The lowest BCUT2D eigenvalue weighted by molar-refractivity contribution is -0.135. The van der Waals surface area contributed by atoms with Gasteiger partial charge in [-0.1, -0.05) is 6.07 Å². The van der Waals surface area contributed by atoms with Gasteiger partial charge in [-0.05, 0) is 36.4 Å². The summed E-state index contributed by atoms with van der Waals surface area (Å²) in [7, 11) is -2.75. The lowest BCUT2D eigenvalue weighted by Gasteiger charge is -2.23. The molecule has 0 aliphatic rings. The predicted octanol–water partition coefficient (Wildman–Crippen LogP) is 2.11. The highest BCUT2D eigenvalue weighted by atomic mass is 32.2. The normalized spacial score (nSPS) is 11.0. The molecule has 2 aromatic carbocycles. The third-order valence-electron chi connectivity index (χ3n) is 3.02. The third-order valence-corrected chi connectivity index (χ3v) is 4.81. The van der Waals surface area contributed by atoms with Crippen LogP contribution in [0.4, 0.5) is 10.1 Å². The fraction of sp³-hybridized carbons (Fsp3) is 0.133. The summed E-state index contributed by atoms with van der Waals surface area (Å²) in [6.07, 6.45) is 0. The van der Waals surface area contributed by atoms with E-state index in [-0.39, 0.29) is 10.6 Å². The van der Waals surface area contributed by atoms with Crippen LogP contribution in [0.25, 0.3) is 0 Å². The van der Waals surface area contributed by atoms with E-state index in [0.29, 0.717) is 5.75 Å². The van der Waals surface area contributed by atoms with Crippen LogP contribution in [-0.4, -0.2) is 33.1 Å². The van der Waals surface area contributed by atoms with Crippen LogP contribution in [-0.2, 0) is 14.8 Å². The molecule has 0 bridgehead atoms. The second-order valence-electron chi connectivity index (χ2n) is 4.56. The fourth-order valence-electron chi connectivity index (χ4n) is 1.94. The molecule has 0 atom stereocenters. The highest BCUT2D eigenvalue weighted by molar-refractivity contribution is 7.92. The Morgan fingerprint density at radius 1 is 1.22 bits per heavy atom. The Hall–Kier alpha value is -2.61. The molecule has 23 heavy (non-hydrogen) atoms. The molecule has 2 rings (SSSR count). The van der Waals surface area contributed by atoms with Crippen molar-refractivity contribution in [3.8, 4) is 5.75 Å². The van der Waals surface area contributed by atoms with Crippen molar-refractivity contribution in [1.82, 2.24) is 0 Å². The average Bonchev–Trinajstić information content (AvgIpc) is 2.52. The maximum atomic E-state index is 13.0. The van der Waals surface area contributed by atoms with Gasteiger partial charge in [-0.25, -0.2) is 12.8 Å². The molecule has 0 aliphatic heterocycles. The minimum absolute atomic E-state index is 0.135. The highest BCUT2D eigenvalue weighted by Gasteiger charge is 2.27. The van der Waals surface area contributed by atoms with Gasteiger partial charge in [0.25, 0.3) is 10.0 Å². The molecule has 6 nitrogen and oxygen atoms in total. The SMILES string of the molecule is COc1cccc(N(CC(=O)O)S(=O)(=O)c2ccc(F)cc2)c1. The van der Waals surface area contributed by atoms with Gasteiger partial charge in [0.2, 0.25) is 0 Å². The van der Waals surface area contributed by atoms with Gasteiger partial charge in [-0.2, -0.15) is 0 Å². The number of methoxy groups -OCH3 is 1. The molecule has 0 radical (unpaired) electrons. The number of carboxylic acid groups (broad SMARTS) is 1. The van der Waals surface area contributed by atoms with Gasteiger partial charge in [0.05, 0.1) is 17.7 Å². The molecular formula is C15H14FNO5S. The molecule has 0 saturated carbocycles. The van der Waals surface area contributed by atoms with Crippen LogP contribution >= 0.6 is 0 Å². The number of sulfonamides is 1. The smallest absolute Gasteiger partial charge is 0.324 e. The summed E-state index contributed by atoms with van der Waals surface area (Å²) in [6, 6.07) is 10.2. The maximum Gasteiger partial charge on any atom is 0.324 e. The van der Waals surface area contributed by atoms with Crippen LogP contribution in [0.5, 0.6) is 5.75 Å². The first kappa shape index (κ1) is 16.8. The molecule has 0 amide bonds. The summed E-state index contributed by atoms with van der Waals surface area (Å²) >= 11 is 0. The number of ether oxygens (including phenoxy) is 1. The van der Waals surface area contributed by atoms with Crippen molar-refractivity contribution >= 4 is 21.7 Å². The molecule has 0 aromatic heterocycles. The number of rotatable bonds is 6. The van der Waals surface area contributed by atoms with Gasteiger partial charge in [0, 0.05) is 6.07 Å². The zero-order chi connectivity index (χ0) is 17.0. The van der Waals surface area contributed by atoms with E-state index < -0.39 is 28.4 Å². The number of carboxylic acids is 1. The topological polar surface area (TPSA) is 83.9 Å². The van der Waals surface area contributed by atoms with E-state index in [1.54, 1.807) is 12.1 Å². The van der Waals surface area contributed by atoms with Crippen LogP contribution < -0.4 is 9.04 Å². The summed E-state index contributed by atoms with van der Waals surface area (Å²) < 4.78 is 44.1. The van der Waals surface area contributed by atoms with Crippen LogP contribution in [0.2, 0.25) is 0 Å². The molecule has 0 aliphatic carbocycles. The molecule has 1 N–H and O–H groups in total.